The zero-order valence-corrected chi connectivity index (χ0v) is 22.0. The van der Waals surface area contributed by atoms with Crippen molar-refractivity contribution in [2.24, 2.45) is 16.7 Å². The van der Waals surface area contributed by atoms with Gasteiger partial charge in [0.2, 0.25) is 17.7 Å². The minimum absolute atomic E-state index is 0.0521. The van der Waals surface area contributed by atoms with Crippen LogP contribution in [0.3, 0.4) is 0 Å². The van der Waals surface area contributed by atoms with E-state index in [1.165, 1.54) is 23.1 Å². The zero-order chi connectivity index (χ0) is 27.1. The Labute approximate surface area is 218 Å². The van der Waals surface area contributed by atoms with Gasteiger partial charge in [0, 0.05) is 42.0 Å². The van der Waals surface area contributed by atoms with Crippen molar-refractivity contribution in [3.8, 4) is 11.1 Å². The lowest BCUT2D eigenvalue weighted by molar-refractivity contribution is -0.384. The van der Waals surface area contributed by atoms with Crippen LogP contribution in [0.1, 0.15) is 57.3 Å². The Morgan fingerprint density at radius 1 is 1.27 bits per heavy atom. The summed E-state index contributed by atoms with van der Waals surface area (Å²) < 4.78 is 5.18. The van der Waals surface area contributed by atoms with E-state index in [4.69, 9.17) is 4.74 Å². The number of anilines is 1. The van der Waals surface area contributed by atoms with Crippen molar-refractivity contribution in [3.05, 3.63) is 45.3 Å². The van der Waals surface area contributed by atoms with E-state index in [0.29, 0.717) is 24.0 Å². The Morgan fingerprint density at radius 2 is 2.00 bits per heavy atom. The van der Waals surface area contributed by atoms with Crippen LogP contribution in [0.2, 0.25) is 0 Å². The second kappa shape index (κ2) is 9.70. The third-order valence-corrected chi connectivity index (χ3v) is 8.86. The van der Waals surface area contributed by atoms with Crippen LogP contribution in [-0.2, 0) is 19.1 Å². The molecule has 3 amide bonds. The van der Waals surface area contributed by atoms with E-state index in [2.05, 4.69) is 5.32 Å². The van der Waals surface area contributed by atoms with Crippen molar-refractivity contribution >= 4 is 45.7 Å². The van der Waals surface area contributed by atoms with Gasteiger partial charge in [-0.3, -0.25) is 29.4 Å². The molecule has 0 spiro atoms. The summed E-state index contributed by atoms with van der Waals surface area (Å²) in [6, 6.07) is 5.84. The van der Waals surface area contributed by atoms with E-state index >= 15 is 0 Å². The molecule has 11 heteroatoms. The van der Waals surface area contributed by atoms with Crippen LogP contribution in [-0.4, -0.2) is 46.7 Å². The molecule has 1 N–H and O–H groups in total. The third kappa shape index (κ3) is 4.41. The van der Waals surface area contributed by atoms with Gasteiger partial charge in [-0.15, -0.1) is 11.3 Å². The topological polar surface area (TPSA) is 136 Å². The number of nitrogens with zero attached hydrogens (tertiary/aromatic N) is 2. The van der Waals surface area contributed by atoms with E-state index in [1.807, 2.05) is 20.8 Å². The first-order valence-corrected chi connectivity index (χ1v) is 13.0. The van der Waals surface area contributed by atoms with Crippen LogP contribution in [0.15, 0.2) is 29.6 Å². The van der Waals surface area contributed by atoms with Gasteiger partial charge in [-0.05, 0) is 30.7 Å². The van der Waals surface area contributed by atoms with Gasteiger partial charge in [0.05, 0.1) is 16.9 Å². The number of hydrogen-bond acceptors (Lipinski definition) is 8. The molecule has 2 heterocycles. The van der Waals surface area contributed by atoms with Gasteiger partial charge in [-0.2, -0.15) is 0 Å². The SMILES string of the molecule is CCOC(=O)c1c(-c2cccc([N+](=O)[O-])c2)csc1NC(=O)CCN1C(=O)C2CCC(C)(C1=O)C2(C)C. The Balaban J connectivity index is 1.53. The van der Waals surface area contributed by atoms with Crippen LogP contribution in [0.5, 0.6) is 0 Å². The highest BCUT2D eigenvalue weighted by Crippen LogP contribution is 2.60. The van der Waals surface area contributed by atoms with Crippen molar-refractivity contribution in [2.75, 3.05) is 18.5 Å². The number of nitro groups is 1. The molecule has 2 aliphatic rings. The number of amides is 3. The minimum atomic E-state index is -0.673. The molecular formula is C26H29N3O7S. The maximum absolute atomic E-state index is 13.2. The van der Waals surface area contributed by atoms with Crippen LogP contribution in [0.4, 0.5) is 10.7 Å². The number of carbonyl (C=O) groups is 4. The molecule has 1 aromatic heterocycles. The number of piperidine rings is 1. The summed E-state index contributed by atoms with van der Waals surface area (Å²) in [5.41, 5.74) is -0.293. The fraction of sp³-hybridized carbons (Fsp3) is 0.462. The molecule has 10 nitrogen and oxygen atoms in total. The summed E-state index contributed by atoms with van der Waals surface area (Å²) in [6.07, 6.45) is 1.15. The van der Waals surface area contributed by atoms with Crippen LogP contribution >= 0.6 is 11.3 Å². The van der Waals surface area contributed by atoms with Crippen molar-refractivity contribution in [3.63, 3.8) is 0 Å². The summed E-state index contributed by atoms with van der Waals surface area (Å²) in [6.45, 7) is 7.50. The molecule has 2 fully saturated rings. The largest absolute Gasteiger partial charge is 0.462 e. The molecule has 37 heavy (non-hydrogen) atoms. The van der Waals surface area contributed by atoms with Crippen LogP contribution in [0, 0.1) is 26.9 Å². The third-order valence-electron chi connectivity index (χ3n) is 7.96. The van der Waals surface area contributed by atoms with Crippen molar-refractivity contribution in [1.82, 2.24) is 4.90 Å². The fourth-order valence-corrected chi connectivity index (χ4v) is 6.34. The summed E-state index contributed by atoms with van der Waals surface area (Å²) in [7, 11) is 0. The zero-order valence-electron chi connectivity index (χ0n) is 21.2. The number of esters is 1. The van der Waals surface area contributed by atoms with E-state index in [9.17, 15) is 29.3 Å². The number of fused-ring (bicyclic) bond motifs is 2. The van der Waals surface area contributed by atoms with Gasteiger partial charge >= 0.3 is 5.97 Å². The normalized spacial score (nSPS) is 22.2. The average Bonchev–Trinajstić information content (AvgIpc) is 3.34. The number of nitro benzene ring substituents is 1. The number of benzene rings is 1. The summed E-state index contributed by atoms with van der Waals surface area (Å²) in [4.78, 5) is 63.8. The predicted molar refractivity (Wildman–Crippen MR) is 137 cm³/mol. The standard InChI is InChI=1S/C26H29N3O7S/c1-5-36-23(32)20-17(15-7-6-8-16(13-15)29(34)35)14-37-21(20)27-19(30)10-12-28-22(31)18-9-11-26(4,24(28)33)25(18,2)3/h6-8,13-14,18H,5,9-12H2,1-4H3,(H,27,30). The fourth-order valence-electron chi connectivity index (χ4n) is 5.37. The molecule has 1 aromatic carbocycles. The number of non-ortho nitro benzene ring substituents is 1. The molecule has 196 valence electrons. The van der Waals surface area contributed by atoms with E-state index < -0.39 is 27.6 Å². The molecule has 1 aliphatic carbocycles. The first-order chi connectivity index (χ1) is 17.4. The number of ether oxygens (including phenoxy) is 1. The second-order valence-electron chi connectivity index (χ2n) is 10.1. The van der Waals surface area contributed by atoms with Crippen molar-refractivity contribution in [1.29, 1.82) is 0 Å². The van der Waals surface area contributed by atoms with Crippen LogP contribution < -0.4 is 5.32 Å². The lowest BCUT2D eigenvalue weighted by Crippen LogP contribution is -2.59. The Kier molecular flexibility index (Phi) is 6.93. The number of rotatable bonds is 8. The van der Waals surface area contributed by atoms with E-state index in [-0.39, 0.29) is 53.6 Å². The van der Waals surface area contributed by atoms with Crippen molar-refractivity contribution in [2.45, 2.75) is 47.0 Å². The lowest BCUT2D eigenvalue weighted by Gasteiger charge is -2.47. The number of hydrogen-bond donors (Lipinski definition) is 1. The first kappa shape index (κ1) is 26.5. The monoisotopic (exact) mass is 527 g/mol. The molecular weight excluding hydrogens is 498 g/mol. The number of carbonyl (C=O) groups excluding carboxylic acids is 4. The predicted octanol–water partition coefficient (Wildman–Crippen LogP) is 4.64. The molecule has 2 bridgehead atoms. The van der Waals surface area contributed by atoms with Gasteiger partial charge in [0.25, 0.3) is 5.69 Å². The lowest BCUT2D eigenvalue weighted by atomic mass is 9.62. The van der Waals surface area contributed by atoms with Gasteiger partial charge in [0.15, 0.2) is 0 Å². The Bertz CT molecular complexity index is 1300. The minimum Gasteiger partial charge on any atom is -0.462 e. The van der Waals surface area contributed by atoms with Crippen molar-refractivity contribution < 1.29 is 28.8 Å². The van der Waals surface area contributed by atoms with Crippen LogP contribution in [0.25, 0.3) is 11.1 Å². The Morgan fingerprint density at radius 3 is 2.68 bits per heavy atom. The first-order valence-electron chi connectivity index (χ1n) is 12.1. The quantitative estimate of drug-likeness (QED) is 0.229. The molecule has 1 saturated heterocycles. The summed E-state index contributed by atoms with van der Waals surface area (Å²) in [5.74, 6) is -1.90. The van der Waals surface area contributed by atoms with Gasteiger partial charge in [0.1, 0.15) is 10.6 Å². The second-order valence-corrected chi connectivity index (χ2v) is 11.0. The smallest absolute Gasteiger partial charge is 0.341 e. The maximum atomic E-state index is 13.2. The molecule has 1 aliphatic heterocycles. The molecule has 2 unspecified atom stereocenters. The van der Waals surface area contributed by atoms with Gasteiger partial charge in [-0.25, -0.2) is 4.79 Å². The number of nitrogens with one attached hydrogen (secondary N) is 1. The highest BCUT2D eigenvalue weighted by Gasteiger charge is 2.64. The summed E-state index contributed by atoms with van der Waals surface area (Å²) >= 11 is 1.09. The van der Waals surface area contributed by atoms with Gasteiger partial charge in [-0.1, -0.05) is 32.9 Å². The highest BCUT2D eigenvalue weighted by molar-refractivity contribution is 7.15. The molecule has 4 rings (SSSR count). The molecule has 0 radical (unpaired) electrons. The number of thiophene rings is 1. The van der Waals surface area contributed by atoms with Gasteiger partial charge < -0.3 is 10.1 Å². The molecule has 2 atom stereocenters. The summed E-state index contributed by atoms with van der Waals surface area (Å²) in [5, 5.41) is 15.8. The highest BCUT2D eigenvalue weighted by atomic mass is 32.1. The molecule has 1 saturated carbocycles. The van der Waals surface area contributed by atoms with E-state index in [1.54, 1.807) is 18.4 Å². The maximum Gasteiger partial charge on any atom is 0.341 e. The molecule has 2 aromatic rings. The average molecular weight is 528 g/mol. The number of likely N-dealkylation sites (tertiary alicyclic amines) is 1. The van der Waals surface area contributed by atoms with E-state index in [0.717, 1.165) is 11.3 Å². The number of imide groups is 1. The Hall–Kier alpha value is -3.60.